The van der Waals surface area contributed by atoms with E-state index in [1.165, 1.54) is 0 Å². The minimum Gasteiger partial charge on any atom is -0.434 e. The van der Waals surface area contributed by atoms with Gasteiger partial charge in [-0.1, -0.05) is 0 Å². The van der Waals surface area contributed by atoms with Crippen LogP contribution in [0.15, 0.2) is 0 Å². The molecule has 2 atom stereocenters. The molecular formula is C13H24N2O9. The molecule has 0 bridgehead atoms. The Morgan fingerprint density at radius 1 is 0.833 bits per heavy atom. The van der Waals surface area contributed by atoms with Crippen LogP contribution in [0.5, 0.6) is 0 Å². The summed E-state index contributed by atoms with van der Waals surface area (Å²) < 4.78 is 9.67. The summed E-state index contributed by atoms with van der Waals surface area (Å²) in [5.41, 5.74) is 0. The summed E-state index contributed by atoms with van der Waals surface area (Å²) >= 11 is 0. The van der Waals surface area contributed by atoms with E-state index in [1.54, 1.807) is 13.8 Å². The topological polar surface area (TPSA) is 140 Å². The molecule has 0 heterocycles. The first-order valence-corrected chi connectivity index (χ1v) is 7.73. The molecule has 0 fully saturated rings. The number of carbonyl (C=O) groups excluding carboxylic acids is 1. The van der Waals surface area contributed by atoms with Crippen LogP contribution >= 0.6 is 0 Å². The van der Waals surface area contributed by atoms with Gasteiger partial charge in [-0.15, -0.1) is 20.2 Å². The van der Waals surface area contributed by atoms with Crippen molar-refractivity contribution in [2.45, 2.75) is 64.6 Å². The van der Waals surface area contributed by atoms with Crippen LogP contribution in [-0.4, -0.2) is 41.8 Å². The lowest BCUT2D eigenvalue weighted by molar-refractivity contribution is -0.767. The van der Waals surface area contributed by atoms with Gasteiger partial charge in [-0.25, -0.2) is 4.79 Å². The fourth-order valence-electron chi connectivity index (χ4n) is 1.82. The number of rotatable bonds is 14. The maximum Gasteiger partial charge on any atom is 0.508 e. The standard InChI is InChI=1S/C13H24N2O9/c1-11(23-14(17)18)7-3-5-9-21-13(16)22-10-6-4-8-12(2)24-15(19)20/h11-12H,3-10H2,1-2H3/t11-,12-/m0/s1. The molecule has 11 heteroatoms. The van der Waals surface area contributed by atoms with E-state index < -0.39 is 28.5 Å². The molecule has 0 aliphatic heterocycles. The van der Waals surface area contributed by atoms with Crippen LogP contribution < -0.4 is 0 Å². The molecule has 0 aliphatic carbocycles. The first-order valence-electron chi connectivity index (χ1n) is 7.73. The maximum absolute atomic E-state index is 11.3. The van der Waals surface area contributed by atoms with Crippen LogP contribution in [0.25, 0.3) is 0 Å². The number of hydrogen-bond acceptors (Lipinski definition) is 9. The predicted molar refractivity (Wildman–Crippen MR) is 80.1 cm³/mol. The molecule has 24 heavy (non-hydrogen) atoms. The SMILES string of the molecule is C[C@@H](CCCCOC(=O)OCCCC[C@H](C)O[N+](=O)[O-])O[N+](=O)[O-]. The summed E-state index contributed by atoms with van der Waals surface area (Å²) in [7, 11) is 0. The number of carbonyl (C=O) groups is 1. The van der Waals surface area contributed by atoms with Crippen molar-refractivity contribution < 1.29 is 34.1 Å². The van der Waals surface area contributed by atoms with Gasteiger partial charge in [-0.3, -0.25) is 0 Å². The predicted octanol–water partition coefficient (Wildman–Crippen LogP) is 2.67. The number of ether oxygens (including phenoxy) is 2. The average molecular weight is 352 g/mol. The Kier molecular flexibility index (Phi) is 11.9. The third-order valence-electron chi connectivity index (χ3n) is 2.98. The van der Waals surface area contributed by atoms with Gasteiger partial charge in [0.25, 0.3) is 10.2 Å². The average Bonchev–Trinajstić information content (AvgIpc) is 2.44. The van der Waals surface area contributed by atoms with Crippen LogP contribution in [0.1, 0.15) is 52.4 Å². The molecule has 0 amide bonds. The van der Waals surface area contributed by atoms with E-state index in [4.69, 9.17) is 9.47 Å². The van der Waals surface area contributed by atoms with Crippen molar-refractivity contribution in [2.24, 2.45) is 0 Å². The summed E-state index contributed by atoms with van der Waals surface area (Å²) in [4.78, 5) is 40.1. The monoisotopic (exact) mass is 352 g/mol. The van der Waals surface area contributed by atoms with Gasteiger partial charge in [0, 0.05) is 0 Å². The third kappa shape index (κ3) is 14.6. The molecule has 0 aromatic rings. The van der Waals surface area contributed by atoms with Crippen molar-refractivity contribution in [3.63, 3.8) is 0 Å². The van der Waals surface area contributed by atoms with Crippen molar-refractivity contribution in [3.8, 4) is 0 Å². The van der Waals surface area contributed by atoms with Gasteiger partial charge in [-0.2, -0.15) is 0 Å². The minimum absolute atomic E-state index is 0.164. The van der Waals surface area contributed by atoms with E-state index in [-0.39, 0.29) is 13.2 Å². The van der Waals surface area contributed by atoms with E-state index >= 15 is 0 Å². The van der Waals surface area contributed by atoms with Crippen LogP contribution in [0.3, 0.4) is 0 Å². The van der Waals surface area contributed by atoms with Gasteiger partial charge in [0.2, 0.25) is 0 Å². The Labute approximate surface area is 139 Å². The molecule has 0 rings (SSSR count). The van der Waals surface area contributed by atoms with Crippen LogP contribution in [0.2, 0.25) is 0 Å². The lowest BCUT2D eigenvalue weighted by atomic mass is 10.2. The number of hydrogen-bond donors (Lipinski definition) is 0. The highest BCUT2D eigenvalue weighted by molar-refractivity contribution is 5.59. The molecule has 0 aromatic carbocycles. The second kappa shape index (κ2) is 13.1. The highest BCUT2D eigenvalue weighted by atomic mass is 17.0. The van der Waals surface area contributed by atoms with Crippen LogP contribution in [0, 0.1) is 20.2 Å². The van der Waals surface area contributed by atoms with Gasteiger partial charge in [0.15, 0.2) is 0 Å². The van der Waals surface area contributed by atoms with Crippen molar-refractivity contribution in [1.29, 1.82) is 0 Å². The normalized spacial score (nSPS) is 12.8. The van der Waals surface area contributed by atoms with E-state index in [1.807, 2.05) is 0 Å². The zero-order valence-corrected chi connectivity index (χ0v) is 13.9. The fourth-order valence-corrected chi connectivity index (χ4v) is 1.82. The molecule has 0 aromatic heterocycles. The highest BCUT2D eigenvalue weighted by Crippen LogP contribution is 2.06. The molecule has 11 nitrogen and oxygen atoms in total. The maximum atomic E-state index is 11.3. The van der Waals surface area contributed by atoms with Gasteiger partial charge in [-0.05, 0) is 52.4 Å². The summed E-state index contributed by atoms with van der Waals surface area (Å²) in [6.07, 6.45) is 1.56. The van der Waals surface area contributed by atoms with Crippen LogP contribution in [0.4, 0.5) is 4.79 Å². The van der Waals surface area contributed by atoms with Gasteiger partial charge >= 0.3 is 6.16 Å². The highest BCUT2D eigenvalue weighted by Gasteiger charge is 2.09. The van der Waals surface area contributed by atoms with E-state index in [2.05, 4.69) is 9.68 Å². The molecule has 0 aliphatic rings. The summed E-state index contributed by atoms with van der Waals surface area (Å²) in [6, 6.07) is 0. The Morgan fingerprint density at radius 2 is 1.21 bits per heavy atom. The quantitative estimate of drug-likeness (QED) is 0.199. The molecule has 0 radical (unpaired) electrons. The van der Waals surface area contributed by atoms with Crippen molar-refractivity contribution in [1.82, 2.24) is 0 Å². The smallest absolute Gasteiger partial charge is 0.434 e. The minimum atomic E-state index is -0.831. The summed E-state index contributed by atoms with van der Waals surface area (Å²) in [5.74, 6) is 0. The van der Waals surface area contributed by atoms with Crippen molar-refractivity contribution in [3.05, 3.63) is 20.2 Å². The van der Waals surface area contributed by atoms with Crippen molar-refractivity contribution in [2.75, 3.05) is 13.2 Å². The van der Waals surface area contributed by atoms with Crippen LogP contribution in [-0.2, 0) is 19.1 Å². The fraction of sp³-hybridized carbons (Fsp3) is 0.923. The zero-order chi connectivity index (χ0) is 18.4. The zero-order valence-electron chi connectivity index (χ0n) is 13.9. The molecule has 0 spiro atoms. The first-order chi connectivity index (χ1) is 11.3. The third-order valence-corrected chi connectivity index (χ3v) is 2.98. The molecule has 0 saturated carbocycles. The van der Waals surface area contributed by atoms with E-state index in [9.17, 15) is 25.0 Å². The van der Waals surface area contributed by atoms with E-state index in [0.717, 1.165) is 0 Å². The lowest BCUT2D eigenvalue weighted by Gasteiger charge is -2.10. The Balaban J connectivity index is 3.44. The molecule has 0 N–H and O–H groups in total. The van der Waals surface area contributed by atoms with Crippen molar-refractivity contribution >= 4 is 6.16 Å². The van der Waals surface area contributed by atoms with Gasteiger partial charge in [0.05, 0.1) is 13.2 Å². The Morgan fingerprint density at radius 3 is 1.54 bits per heavy atom. The first kappa shape index (κ1) is 21.7. The second-order valence-corrected chi connectivity index (χ2v) is 5.22. The number of nitrogens with zero attached hydrogens (tertiary/aromatic N) is 2. The summed E-state index contributed by atoms with van der Waals surface area (Å²) in [5, 5.41) is 18.5. The molecule has 0 saturated heterocycles. The molecule has 140 valence electrons. The Hall–Kier alpha value is -2.33. The summed E-state index contributed by atoms with van der Waals surface area (Å²) in [6.45, 7) is 3.51. The Bertz CT molecular complexity index is 358. The van der Waals surface area contributed by atoms with Gasteiger partial charge < -0.3 is 19.1 Å². The van der Waals surface area contributed by atoms with Gasteiger partial charge in [0.1, 0.15) is 12.2 Å². The molecule has 0 unspecified atom stereocenters. The lowest BCUT2D eigenvalue weighted by Crippen LogP contribution is -2.14. The largest absolute Gasteiger partial charge is 0.508 e. The molecular weight excluding hydrogens is 328 g/mol. The second-order valence-electron chi connectivity index (χ2n) is 5.22. The number of unbranched alkanes of at least 4 members (excludes halogenated alkanes) is 2. The van der Waals surface area contributed by atoms with E-state index in [0.29, 0.717) is 38.5 Å².